The van der Waals surface area contributed by atoms with E-state index < -0.39 is 0 Å². The smallest absolute Gasteiger partial charge is 0.0882 e. The lowest BCUT2D eigenvalue weighted by Crippen LogP contribution is -1.64. The van der Waals surface area contributed by atoms with Crippen LogP contribution in [0, 0.1) is 0 Å². The van der Waals surface area contributed by atoms with Crippen LogP contribution in [0.4, 0.5) is 5.69 Å². The Bertz CT molecular complexity index is 452. The van der Waals surface area contributed by atoms with E-state index in [-0.39, 0.29) is 0 Å². The number of aliphatic imine (C=N–C) groups is 1. The van der Waals surface area contributed by atoms with Gasteiger partial charge in [0.05, 0.1) is 5.69 Å². The lowest BCUT2D eigenvalue weighted by molar-refractivity contribution is 1.46. The van der Waals surface area contributed by atoms with Crippen molar-refractivity contribution in [3.8, 4) is 0 Å². The third-order valence-corrected chi connectivity index (χ3v) is 1.89. The van der Waals surface area contributed by atoms with E-state index in [1.165, 1.54) is 0 Å². The maximum absolute atomic E-state index is 4.24. The van der Waals surface area contributed by atoms with Crippen LogP contribution in [0.5, 0.6) is 0 Å². The summed E-state index contributed by atoms with van der Waals surface area (Å²) in [5, 5.41) is 1.14. The molecule has 1 aromatic carbocycles. The van der Waals surface area contributed by atoms with Gasteiger partial charge in [-0.3, -0.25) is 4.99 Å². The fourth-order valence-corrected chi connectivity index (χ4v) is 1.30. The molecule has 1 heterocycles. The number of nitrogens with one attached hydrogen (secondary N) is 1. The molecule has 0 radical (unpaired) electrons. The molecule has 2 nitrogen and oxygen atoms in total. The minimum Gasteiger partial charge on any atom is -0.359 e. The van der Waals surface area contributed by atoms with Crippen LogP contribution in [-0.4, -0.2) is 11.2 Å². The SMILES string of the molecule is C=CC=Nc1c[nH]c2ccccc12. The summed E-state index contributed by atoms with van der Waals surface area (Å²) in [7, 11) is 0. The number of benzene rings is 1. The van der Waals surface area contributed by atoms with Crippen molar-refractivity contribution in [1.82, 2.24) is 4.98 Å². The van der Waals surface area contributed by atoms with Gasteiger partial charge in [-0.15, -0.1) is 0 Å². The maximum atomic E-state index is 4.24. The maximum Gasteiger partial charge on any atom is 0.0882 e. The Labute approximate surface area is 76.6 Å². The summed E-state index contributed by atoms with van der Waals surface area (Å²) in [4.78, 5) is 7.39. The van der Waals surface area contributed by atoms with Crippen LogP contribution >= 0.6 is 0 Å². The van der Waals surface area contributed by atoms with Crippen molar-refractivity contribution in [3.63, 3.8) is 0 Å². The molecule has 0 saturated carbocycles. The third-order valence-electron chi connectivity index (χ3n) is 1.89. The van der Waals surface area contributed by atoms with Crippen molar-refractivity contribution in [2.24, 2.45) is 4.99 Å². The average molecular weight is 170 g/mol. The normalized spacial score (nSPS) is 11.1. The molecule has 64 valence electrons. The summed E-state index contributed by atoms with van der Waals surface area (Å²) < 4.78 is 0. The van der Waals surface area contributed by atoms with Crippen LogP contribution in [0.2, 0.25) is 0 Å². The molecule has 2 aromatic rings. The first kappa shape index (κ1) is 7.80. The van der Waals surface area contributed by atoms with Gasteiger partial charge >= 0.3 is 0 Å². The third kappa shape index (κ3) is 1.38. The van der Waals surface area contributed by atoms with Crippen molar-refractivity contribution in [1.29, 1.82) is 0 Å². The molecule has 1 N–H and O–H groups in total. The molecule has 13 heavy (non-hydrogen) atoms. The molecule has 1 aromatic heterocycles. The zero-order chi connectivity index (χ0) is 9.10. The Balaban J connectivity index is 2.57. The van der Waals surface area contributed by atoms with Gasteiger partial charge in [-0.1, -0.05) is 30.9 Å². The quantitative estimate of drug-likeness (QED) is 0.671. The number of fused-ring (bicyclic) bond motifs is 1. The Morgan fingerprint density at radius 1 is 1.31 bits per heavy atom. The zero-order valence-electron chi connectivity index (χ0n) is 7.20. The first-order chi connectivity index (χ1) is 6.42. The van der Waals surface area contributed by atoms with Crippen molar-refractivity contribution < 1.29 is 0 Å². The summed E-state index contributed by atoms with van der Waals surface area (Å²) in [5.41, 5.74) is 2.06. The van der Waals surface area contributed by atoms with Gasteiger partial charge < -0.3 is 4.98 Å². The van der Waals surface area contributed by atoms with E-state index in [0.29, 0.717) is 0 Å². The predicted octanol–water partition coefficient (Wildman–Crippen LogP) is 3.06. The van der Waals surface area contributed by atoms with Gasteiger partial charge in [-0.05, 0) is 6.07 Å². The van der Waals surface area contributed by atoms with E-state index in [4.69, 9.17) is 0 Å². The Kier molecular flexibility index (Phi) is 1.96. The van der Waals surface area contributed by atoms with Crippen molar-refractivity contribution in [3.05, 3.63) is 43.1 Å². The monoisotopic (exact) mass is 170 g/mol. The number of aromatic nitrogens is 1. The van der Waals surface area contributed by atoms with Gasteiger partial charge in [0, 0.05) is 23.3 Å². The molecule has 0 unspecified atom stereocenters. The van der Waals surface area contributed by atoms with Crippen molar-refractivity contribution >= 4 is 22.8 Å². The average Bonchev–Trinajstić information content (AvgIpc) is 2.58. The highest BCUT2D eigenvalue weighted by atomic mass is 14.8. The Morgan fingerprint density at radius 3 is 3.00 bits per heavy atom. The van der Waals surface area contributed by atoms with Gasteiger partial charge in [0.15, 0.2) is 0 Å². The second-order valence-corrected chi connectivity index (χ2v) is 2.73. The zero-order valence-corrected chi connectivity index (χ0v) is 7.20. The molecule has 2 heteroatoms. The number of H-pyrrole nitrogens is 1. The number of rotatable bonds is 2. The highest BCUT2D eigenvalue weighted by molar-refractivity contribution is 5.92. The molecule has 0 aliphatic carbocycles. The number of aromatic amines is 1. The summed E-state index contributed by atoms with van der Waals surface area (Å²) in [5.74, 6) is 0. The number of nitrogens with zero attached hydrogens (tertiary/aromatic N) is 1. The topological polar surface area (TPSA) is 28.1 Å². The molecule has 0 spiro atoms. The van der Waals surface area contributed by atoms with Crippen LogP contribution in [-0.2, 0) is 0 Å². The van der Waals surface area contributed by atoms with Gasteiger partial charge in [0.1, 0.15) is 0 Å². The summed E-state index contributed by atoms with van der Waals surface area (Å²) in [6.07, 6.45) is 5.25. The molecule has 0 aliphatic rings. The molecule has 0 saturated heterocycles. The van der Waals surface area contributed by atoms with Crippen molar-refractivity contribution in [2.45, 2.75) is 0 Å². The van der Waals surface area contributed by atoms with Crippen LogP contribution in [0.3, 0.4) is 0 Å². The van der Waals surface area contributed by atoms with E-state index in [1.54, 1.807) is 12.3 Å². The summed E-state index contributed by atoms with van der Waals surface area (Å²) >= 11 is 0. The summed E-state index contributed by atoms with van der Waals surface area (Å²) in [6.45, 7) is 3.58. The molecule has 2 rings (SSSR count). The summed E-state index contributed by atoms with van der Waals surface area (Å²) in [6, 6.07) is 8.08. The fraction of sp³-hybridized carbons (Fsp3) is 0. The minimum absolute atomic E-state index is 0.954. The standard InChI is InChI=1S/C11H10N2/c1-2-7-12-11-8-13-10-6-4-3-5-9(10)11/h2-8,13H,1H2. The molecular formula is C11H10N2. The molecule has 0 atom stereocenters. The van der Waals surface area contributed by atoms with Crippen molar-refractivity contribution in [2.75, 3.05) is 0 Å². The Morgan fingerprint density at radius 2 is 2.15 bits per heavy atom. The second kappa shape index (κ2) is 3.27. The van der Waals surface area contributed by atoms with Crippen LogP contribution in [0.1, 0.15) is 0 Å². The van der Waals surface area contributed by atoms with Crippen LogP contribution in [0.15, 0.2) is 48.1 Å². The lowest BCUT2D eigenvalue weighted by atomic mass is 10.2. The number of allylic oxidation sites excluding steroid dienone is 1. The highest BCUT2D eigenvalue weighted by Gasteiger charge is 1.98. The first-order valence-corrected chi connectivity index (χ1v) is 4.13. The molecule has 0 fully saturated rings. The predicted molar refractivity (Wildman–Crippen MR) is 56.6 cm³/mol. The minimum atomic E-state index is 0.954. The molecule has 0 bridgehead atoms. The molecule has 0 amide bonds. The van der Waals surface area contributed by atoms with Gasteiger partial charge in [0.25, 0.3) is 0 Å². The largest absolute Gasteiger partial charge is 0.359 e. The lowest BCUT2D eigenvalue weighted by Gasteiger charge is -1.88. The number of hydrogen-bond donors (Lipinski definition) is 1. The number of hydrogen-bond acceptors (Lipinski definition) is 1. The van der Waals surface area contributed by atoms with E-state index in [1.807, 2.05) is 30.5 Å². The van der Waals surface area contributed by atoms with E-state index >= 15 is 0 Å². The first-order valence-electron chi connectivity index (χ1n) is 4.13. The van der Waals surface area contributed by atoms with Crippen LogP contribution < -0.4 is 0 Å². The highest BCUT2D eigenvalue weighted by Crippen LogP contribution is 2.24. The Hall–Kier alpha value is -1.83. The van der Waals surface area contributed by atoms with Gasteiger partial charge in [0.2, 0.25) is 0 Å². The molecular weight excluding hydrogens is 160 g/mol. The van der Waals surface area contributed by atoms with E-state index in [9.17, 15) is 0 Å². The van der Waals surface area contributed by atoms with Crippen LogP contribution in [0.25, 0.3) is 10.9 Å². The van der Waals surface area contributed by atoms with Gasteiger partial charge in [-0.25, -0.2) is 0 Å². The number of para-hydroxylation sites is 1. The van der Waals surface area contributed by atoms with E-state index in [2.05, 4.69) is 16.6 Å². The van der Waals surface area contributed by atoms with E-state index in [0.717, 1.165) is 16.6 Å². The molecule has 0 aliphatic heterocycles. The fourth-order valence-electron chi connectivity index (χ4n) is 1.30. The second-order valence-electron chi connectivity index (χ2n) is 2.73. The van der Waals surface area contributed by atoms with Gasteiger partial charge in [-0.2, -0.15) is 0 Å².